The summed E-state index contributed by atoms with van der Waals surface area (Å²) in [5, 5.41) is 0.124. The molecule has 0 saturated carbocycles. The smallest absolute Gasteiger partial charge is 0.258 e. The molecule has 0 amide bonds. The van der Waals surface area contributed by atoms with E-state index in [1.165, 1.54) is 6.07 Å². The van der Waals surface area contributed by atoms with Gasteiger partial charge in [0.15, 0.2) is 16.7 Å². The first-order valence-electron chi connectivity index (χ1n) is 5.42. The second-order valence-corrected chi connectivity index (χ2v) is 4.38. The molecule has 0 aliphatic rings. The number of aromatic nitrogens is 2. The van der Waals surface area contributed by atoms with Crippen molar-refractivity contribution in [3.63, 3.8) is 0 Å². The average molecular weight is 267 g/mol. The SMILES string of the molecule is Cc1ccc(F)c(Oc2nc(C)c(C)nc2Cl)c1. The Labute approximate surface area is 110 Å². The van der Waals surface area contributed by atoms with Gasteiger partial charge in [-0.15, -0.1) is 0 Å². The van der Waals surface area contributed by atoms with Gasteiger partial charge >= 0.3 is 0 Å². The van der Waals surface area contributed by atoms with Gasteiger partial charge in [-0.1, -0.05) is 17.7 Å². The summed E-state index contributed by atoms with van der Waals surface area (Å²) in [4.78, 5) is 8.23. The van der Waals surface area contributed by atoms with Gasteiger partial charge in [0.05, 0.1) is 11.4 Å². The van der Waals surface area contributed by atoms with E-state index in [2.05, 4.69) is 9.97 Å². The van der Waals surface area contributed by atoms with Gasteiger partial charge in [-0.05, 0) is 38.5 Å². The minimum absolute atomic E-state index is 0.0921. The minimum Gasteiger partial charge on any atom is -0.433 e. The Bertz CT molecular complexity index is 602. The molecule has 5 heteroatoms. The molecule has 0 bridgehead atoms. The molecule has 94 valence electrons. The van der Waals surface area contributed by atoms with Crippen LogP contribution >= 0.6 is 11.6 Å². The average Bonchev–Trinajstić information content (AvgIpc) is 2.30. The predicted octanol–water partition coefficient (Wildman–Crippen LogP) is 3.99. The largest absolute Gasteiger partial charge is 0.433 e. The third kappa shape index (κ3) is 2.59. The Kier molecular flexibility index (Phi) is 3.48. The van der Waals surface area contributed by atoms with Crippen molar-refractivity contribution in [1.29, 1.82) is 0 Å². The first-order valence-corrected chi connectivity index (χ1v) is 5.80. The first kappa shape index (κ1) is 12.8. The van der Waals surface area contributed by atoms with Crippen LogP contribution in [-0.4, -0.2) is 9.97 Å². The third-order valence-electron chi connectivity index (χ3n) is 2.53. The topological polar surface area (TPSA) is 35.0 Å². The molecule has 0 atom stereocenters. The van der Waals surface area contributed by atoms with E-state index in [4.69, 9.17) is 16.3 Å². The Balaban J connectivity index is 2.40. The Hall–Kier alpha value is -1.68. The van der Waals surface area contributed by atoms with E-state index in [1.54, 1.807) is 26.0 Å². The van der Waals surface area contributed by atoms with Crippen LogP contribution in [0.3, 0.4) is 0 Å². The highest BCUT2D eigenvalue weighted by atomic mass is 35.5. The summed E-state index contributed by atoms with van der Waals surface area (Å²) in [5.74, 6) is -0.254. The highest BCUT2D eigenvalue weighted by molar-refractivity contribution is 6.30. The predicted molar refractivity (Wildman–Crippen MR) is 67.7 cm³/mol. The molecule has 0 aliphatic heterocycles. The Morgan fingerprint density at radius 2 is 1.78 bits per heavy atom. The van der Waals surface area contributed by atoms with Gasteiger partial charge < -0.3 is 4.74 Å². The molecule has 0 radical (unpaired) electrons. The molecule has 0 aliphatic carbocycles. The molecule has 18 heavy (non-hydrogen) atoms. The van der Waals surface area contributed by atoms with Crippen molar-refractivity contribution in [2.75, 3.05) is 0 Å². The number of halogens is 2. The molecule has 1 aromatic carbocycles. The minimum atomic E-state index is -0.461. The fourth-order valence-electron chi connectivity index (χ4n) is 1.41. The van der Waals surface area contributed by atoms with Gasteiger partial charge in [0.25, 0.3) is 5.88 Å². The van der Waals surface area contributed by atoms with Crippen molar-refractivity contribution >= 4 is 11.6 Å². The van der Waals surface area contributed by atoms with E-state index in [0.29, 0.717) is 5.69 Å². The molecule has 2 aromatic rings. The highest BCUT2D eigenvalue weighted by Gasteiger charge is 2.12. The lowest BCUT2D eigenvalue weighted by Gasteiger charge is -2.09. The van der Waals surface area contributed by atoms with Crippen LogP contribution in [0.2, 0.25) is 5.15 Å². The van der Waals surface area contributed by atoms with E-state index in [1.807, 2.05) is 6.92 Å². The third-order valence-corrected chi connectivity index (χ3v) is 2.77. The molecule has 1 aromatic heterocycles. The number of benzene rings is 1. The summed E-state index contributed by atoms with van der Waals surface area (Å²) in [5.41, 5.74) is 2.30. The van der Waals surface area contributed by atoms with Crippen molar-refractivity contribution in [2.24, 2.45) is 0 Å². The number of hydrogen-bond donors (Lipinski definition) is 0. The summed E-state index contributed by atoms with van der Waals surface area (Å²) >= 11 is 5.92. The van der Waals surface area contributed by atoms with Crippen LogP contribution in [0, 0.1) is 26.6 Å². The second-order valence-electron chi connectivity index (χ2n) is 4.03. The number of aryl methyl sites for hydroxylation is 3. The zero-order valence-electron chi connectivity index (χ0n) is 10.3. The monoisotopic (exact) mass is 266 g/mol. The molecule has 0 N–H and O–H groups in total. The molecule has 2 rings (SSSR count). The van der Waals surface area contributed by atoms with Crippen molar-refractivity contribution in [1.82, 2.24) is 9.97 Å². The van der Waals surface area contributed by atoms with Crippen LogP contribution in [0.4, 0.5) is 4.39 Å². The van der Waals surface area contributed by atoms with Gasteiger partial charge in [0, 0.05) is 0 Å². The molecule has 0 saturated heterocycles. The number of hydrogen-bond acceptors (Lipinski definition) is 3. The van der Waals surface area contributed by atoms with Crippen molar-refractivity contribution in [3.05, 3.63) is 46.1 Å². The number of rotatable bonds is 2. The van der Waals surface area contributed by atoms with Gasteiger partial charge in [-0.25, -0.2) is 14.4 Å². The standard InChI is InChI=1S/C13H12ClFN2O/c1-7-4-5-10(15)11(6-7)18-13-12(14)16-8(2)9(3)17-13/h4-6H,1-3H3. The second kappa shape index (κ2) is 4.90. The Morgan fingerprint density at radius 1 is 1.11 bits per heavy atom. The van der Waals surface area contributed by atoms with Crippen LogP contribution in [0.1, 0.15) is 17.0 Å². The van der Waals surface area contributed by atoms with Gasteiger partial charge in [0.2, 0.25) is 0 Å². The summed E-state index contributed by atoms with van der Waals surface area (Å²) in [6, 6.07) is 4.59. The molecular formula is C13H12ClFN2O. The van der Waals surface area contributed by atoms with Crippen LogP contribution in [0.15, 0.2) is 18.2 Å². The zero-order valence-corrected chi connectivity index (χ0v) is 11.0. The number of ether oxygens (including phenoxy) is 1. The van der Waals surface area contributed by atoms with Gasteiger partial charge in [0.1, 0.15) is 0 Å². The maximum absolute atomic E-state index is 13.6. The molecule has 1 heterocycles. The van der Waals surface area contributed by atoms with Crippen LogP contribution in [-0.2, 0) is 0 Å². The summed E-state index contributed by atoms with van der Waals surface area (Å²) in [6.45, 7) is 5.43. The van der Waals surface area contributed by atoms with E-state index in [9.17, 15) is 4.39 Å². The van der Waals surface area contributed by atoms with E-state index in [-0.39, 0.29) is 16.8 Å². The van der Waals surface area contributed by atoms with Crippen LogP contribution in [0.25, 0.3) is 0 Å². The van der Waals surface area contributed by atoms with Crippen LogP contribution < -0.4 is 4.74 Å². The molecule has 0 spiro atoms. The van der Waals surface area contributed by atoms with Crippen molar-refractivity contribution < 1.29 is 9.13 Å². The van der Waals surface area contributed by atoms with Crippen molar-refractivity contribution in [2.45, 2.75) is 20.8 Å². The first-order chi connectivity index (χ1) is 8.47. The quantitative estimate of drug-likeness (QED) is 0.824. The van der Waals surface area contributed by atoms with Gasteiger partial charge in [-0.2, -0.15) is 0 Å². The zero-order chi connectivity index (χ0) is 13.3. The molecular weight excluding hydrogens is 255 g/mol. The van der Waals surface area contributed by atoms with Gasteiger partial charge in [-0.3, -0.25) is 0 Å². The maximum atomic E-state index is 13.6. The maximum Gasteiger partial charge on any atom is 0.258 e. The molecule has 0 fully saturated rings. The highest BCUT2D eigenvalue weighted by Crippen LogP contribution is 2.29. The van der Waals surface area contributed by atoms with E-state index < -0.39 is 5.82 Å². The molecule has 0 unspecified atom stereocenters. The Morgan fingerprint density at radius 3 is 2.50 bits per heavy atom. The lowest BCUT2D eigenvalue weighted by molar-refractivity contribution is 0.424. The van der Waals surface area contributed by atoms with Crippen molar-refractivity contribution in [3.8, 4) is 11.6 Å². The fraction of sp³-hybridized carbons (Fsp3) is 0.231. The summed E-state index contributed by atoms with van der Waals surface area (Å²) < 4.78 is 18.9. The molecule has 3 nitrogen and oxygen atoms in total. The lowest BCUT2D eigenvalue weighted by atomic mass is 10.2. The normalized spacial score (nSPS) is 10.5. The number of nitrogens with zero attached hydrogens (tertiary/aromatic N) is 2. The van der Waals surface area contributed by atoms with E-state index >= 15 is 0 Å². The fourth-order valence-corrected chi connectivity index (χ4v) is 1.62. The summed E-state index contributed by atoms with van der Waals surface area (Å²) in [6.07, 6.45) is 0. The van der Waals surface area contributed by atoms with Crippen LogP contribution in [0.5, 0.6) is 11.6 Å². The summed E-state index contributed by atoms with van der Waals surface area (Å²) in [7, 11) is 0. The lowest BCUT2D eigenvalue weighted by Crippen LogP contribution is -1.98. The van der Waals surface area contributed by atoms with E-state index in [0.717, 1.165) is 11.3 Å².